The number of hydrogen-bond donors (Lipinski definition) is 10. The SMILES string of the molecule is CNc1ccc(NC(=O)c2nc(-c3ccc4c(=O)[nH]ccc4c3)c(-c3ccn(C)n3)nc2N)cc1.Cc1ccc(-c2nc(N)c(C(C)(C)C)nc2-c2cc(Cl)c3nc[nH]c3c2C)s1.Cc1cnc(-c2nc(N)c(C)nc2-c2ccc3ncccc3c2)s1.Nc1nc(-n2ccccc2=O)c(-c2cc(Cl)c3ncccc3c2)nc1C(=O)NCCN1CCC(O)C1. The number of H-pyrrole nitrogens is 2. The first-order valence-corrected chi connectivity index (χ1v) is 41.3. The zero-order valence-corrected chi connectivity index (χ0v) is 71.3. The Morgan fingerprint density at radius 2 is 1.31 bits per heavy atom. The van der Waals surface area contributed by atoms with Crippen LogP contribution in [0.15, 0.2) is 199 Å². The first-order chi connectivity index (χ1) is 59.1. The molecule has 18 rings (SSSR count). The van der Waals surface area contributed by atoms with Crippen molar-refractivity contribution < 1.29 is 14.7 Å². The maximum Gasteiger partial charge on any atom is 0.278 e. The highest BCUT2D eigenvalue weighted by atomic mass is 35.5. The minimum atomic E-state index is -0.488. The van der Waals surface area contributed by atoms with Gasteiger partial charge in [0.05, 0.1) is 72.4 Å². The van der Waals surface area contributed by atoms with Gasteiger partial charge in [0, 0.05) is 148 Å². The minimum absolute atomic E-state index is 0.0108. The molecule has 1 atom stereocenters. The summed E-state index contributed by atoms with van der Waals surface area (Å²) in [5, 5.41) is 27.7. The first kappa shape index (κ1) is 83.9. The molecule has 1 aliphatic rings. The third-order valence-electron chi connectivity index (χ3n) is 20.2. The number of nitrogens with two attached hydrogens (primary N) is 4. The normalized spacial score (nSPS) is 12.7. The van der Waals surface area contributed by atoms with E-state index in [-0.39, 0.29) is 57.2 Å². The monoisotopic (exact) mass is 1720 g/mol. The van der Waals surface area contributed by atoms with Crippen molar-refractivity contribution >= 4 is 136 Å². The number of thiazole rings is 1. The molecule has 5 aromatic carbocycles. The Labute approximate surface area is 722 Å². The van der Waals surface area contributed by atoms with Gasteiger partial charge >= 0.3 is 0 Å². The number of aromatic amines is 2. The number of hydrogen-bond acceptors (Lipinski definition) is 26. The fourth-order valence-corrected chi connectivity index (χ4v) is 16.1. The van der Waals surface area contributed by atoms with Crippen LogP contribution in [0.4, 0.5) is 34.6 Å². The molecule has 0 aliphatic carbocycles. The number of halogens is 2. The molecule has 1 aliphatic heterocycles. The van der Waals surface area contributed by atoms with Gasteiger partial charge in [0.25, 0.3) is 22.9 Å². The largest absolute Gasteiger partial charge is 0.392 e. The van der Waals surface area contributed by atoms with Crippen LogP contribution in [0, 0.1) is 27.7 Å². The second kappa shape index (κ2) is 35.6. The molecular formula is C89H83Cl2N25O5S2. The molecule has 0 spiro atoms. The third-order valence-corrected chi connectivity index (χ3v) is 22.7. The third kappa shape index (κ3) is 18.3. The maximum absolute atomic E-state index is 13.1. The fourth-order valence-electron chi connectivity index (χ4n) is 14.0. The van der Waals surface area contributed by atoms with Gasteiger partial charge in [0.1, 0.15) is 50.6 Å². The highest BCUT2D eigenvalue weighted by molar-refractivity contribution is 7.15. The molecule has 123 heavy (non-hydrogen) atoms. The number of aromatic nitrogens is 17. The lowest BCUT2D eigenvalue weighted by atomic mass is 9.91. The van der Waals surface area contributed by atoms with Crippen molar-refractivity contribution in [1.29, 1.82) is 0 Å². The molecule has 17 aromatic rings. The van der Waals surface area contributed by atoms with E-state index in [1.807, 2.05) is 94.7 Å². The Hall–Kier alpha value is -14.2. The number of rotatable bonds is 15. The molecule has 2 amide bonds. The molecule has 0 saturated carbocycles. The lowest BCUT2D eigenvalue weighted by Gasteiger charge is -2.22. The highest BCUT2D eigenvalue weighted by Gasteiger charge is 2.29. The Bertz CT molecular complexity index is 7040. The van der Waals surface area contributed by atoms with Crippen molar-refractivity contribution in [2.75, 3.05) is 66.8 Å². The lowest BCUT2D eigenvalue weighted by molar-refractivity contribution is 0.0943. The van der Waals surface area contributed by atoms with E-state index < -0.39 is 11.8 Å². The summed E-state index contributed by atoms with van der Waals surface area (Å²) in [5.74, 6) is -0.0179. The molecule has 12 aromatic heterocycles. The number of nitrogens with one attached hydrogen (secondary N) is 5. The molecule has 30 nitrogen and oxygen atoms in total. The van der Waals surface area contributed by atoms with E-state index in [1.165, 1.54) is 15.5 Å². The second-order valence-corrected chi connectivity index (χ2v) is 33.4. The van der Waals surface area contributed by atoms with Crippen LogP contribution in [0.1, 0.15) is 74.9 Å². The number of fused-ring (bicyclic) bond motifs is 4. The molecule has 0 bridgehead atoms. The summed E-state index contributed by atoms with van der Waals surface area (Å²) in [6.45, 7) is 16.6. The van der Waals surface area contributed by atoms with Gasteiger partial charge < -0.3 is 54.0 Å². The van der Waals surface area contributed by atoms with Gasteiger partial charge in [-0.15, -0.1) is 22.7 Å². The Morgan fingerprint density at radius 3 is 2.02 bits per heavy atom. The number of amides is 2. The predicted octanol–water partition coefficient (Wildman–Crippen LogP) is 15.0. The number of anilines is 6. The number of nitrogen functional groups attached to an aromatic ring is 4. The number of aliphatic hydroxyl groups is 1. The van der Waals surface area contributed by atoms with E-state index in [0.717, 1.165) is 111 Å². The second-order valence-electron chi connectivity index (χ2n) is 30.0. The fraction of sp³-hybridized carbons (Fsp3) is 0.180. The molecule has 34 heteroatoms. The summed E-state index contributed by atoms with van der Waals surface area (Å²) >= 11 is 16.3. The van der Waals surface area contributed by atoms with Crippen molar-refractivity contribution in [2.24, 2.45) is 7.05 Å². The number of imidazole rings is 1. The Kier molecular flexibility index (Phi) is 24.3. The van der Waals surface area contributed by atoms with E-state index >= 15 is 0 Å². The van der Waals surface area contributed by atoms with Gasteiger partial charge in [0.2, 0.25) is 0 Å². The molecule has 1 unspecified atom stereocenters. The van der Waals surface area contributed by atoms with E-state index in [9.17, 15) is 24.3 Å². The number of aryl methyl sites for hydroxylation is 5. The van der Waals surface area contributed by atoms with Crippen LogP contribution >= 0.6 is 45.9 Å². The molecule has 14 N–H and O–H groups in total. The summed E-state index contributed by atoms with van der Waals surface area (Å²) < 4.78 is 2.97. The number of likely N-dealkylation sites (tertiary alicyclic amines) is 1. The topological polar surface area (TPSA) is 441 Å². The lowest BCUT2D eigenvalue weighted by Crippen LogP contribution is -2.35. The summed E-state index contributed by atoms with van der Waals surface area (Å²) in [7, 11) is 3.61. The Balaban J connectivity index is 0.000000129. The van der Waals surface area contributed by atoms with Crippen molar-refractivity contribution in [1.82, 2.24) is 94.3 Å². The van der Waals surface area contributed by atoms with Crippen LogP contribution in [0.5, 0.6) is 0 Å². The van der Waals surface area contributed by atoms with Crippen molar-refractivity contribution in [2.45, 2.75) is 66.4 Å². The summed E-state index contributed by atoms with van der Waals surface area (Å²) in [4.78, 5) is 117. The van der Waals surface area contributed by atoms with Crippen LogP contribution in [0.2, 0.25) is 10.0 Å². The minimum Gasteiger partial charge on any atom is -0.392 e. The van der Waals surface area contributed by atoms with E-state index in [0.29, 0.717) is 91.8 Å². The smallest absolute Gasteiger partial charge is 0.278 e. The van der Waals surface area contributed by atoms with Crippen LogP contribution in [-0.4, -0.2) is 145 Å². The van der Waals surface area contributed by atoms with Crippen molar-refractivity contribution in [3.63, 3.8) is 0 Å². The summed E-state index contributed by atoms with van der Waals surface area (Å²) in [6, 6.07) is 44.1. The number of benzene rings is 5. The number of carbonyl (C=O) groups excluding carboxylic acids is 2. The van der Waals surface area contributed by atoms with Gasteiger partial charge in [-0.25, -0.2) is 49.8 Å². The van der Waals surface area contributed by atoms with Gasteiger partial charge in [-0.1, -0.05) is 74.3 Å². The number of β-amino-alcohol motifs (C(OH)–C–C–N with tert-alkyl or cyclic N) is 1. The van der Waals surface area contributed by atoms with E-state index in [2.05, 4.69) is 127 Å². The van der Waals surface area contributed by atoms with Gasteiger partial charge in [-0.2, -0.15) is 5.10 Å². The van der Waals surface area contributed by atoms with Crippen LogP contribution in [0.3, 0.4) is 0 Å². The van der Waals surface area contributed by atoms with Gasteiger partial charge in [0.15, 0.2) is 28.8 Å². The molecular weight excluding hydrogens is 1630 g/mol. The van der Waals surface area contributed by atoms with Crippen LogP contribution in [0.25, 0.3) is 127 Å². The van der Waals surface area contributed by atoms with Gasteiger partial charge in [-0.3, -0.25) is 43.3 Å². The van der Waals surface area contributed by atoms with E-state index in [4.69, 9.17) is 61.1 Å². The number of nitrogens with zero attached hydrogens (tertiary/aromatic N) is 16. The molecule has 13 heterocycles. The first-order valence-electron chi connectivity index (χ1n) is 38.9. The highest BCUT2D eigenvalue weighted by Crippen LogP contribution is 2.43. The number of pyridine rings is 4. The Morgan fingerprint density at radius 1 is 0.610 bits per heavy atom. The summed E-state index contributed by atoms with van der Waals surface area (Å²) in [6.07, 6.45) is 12.3. The van der Waals surface area contributed by atoms with Crippen molar-refractivity contribution in [3.05, 3.63) is 258 Å². The molecule has 1 fully saturated rings. The standard InChI is InChI=1S/C25H24ClN7O3.C25H22N8O2.C21H22ClN5S.C18H15N5S/c26-18-13-16(12-15-4-3-7-28-20(15)18)21-24(33-9-2-1-5-19(33)35)31-23(27)22(30-21)25(36)29-8-11-32-10-6-17(34)14-32;1-27-16-4-6-17(7-5-16)29-25(35)22-23(26)31-21(19-10-12-33(2)32-19)20(30-22)15-3-8-18-14(13-15)9-11-28-24(18)34;1-10-6-7-14(28-10)18-16(26-19(20(23)27-18)21(3,4)5)12-8-13(22)17-15(11(12)2)24-9-25-17;1-10-9-21-18(24-10)16-15(22-11(2)17(19)23-16)13-5-6-14-12(8-13)4-3-7-20-14/h1-5,7,9,12-13,17,34H,6,8,10-11,14H2,(H2,27,31)(H,29,36);3-13,27H,1-2H3,(H2,26,31)(H,28,34)(H,29,35);6-9H,1-5H3,(H2,23,27)(H,24,25);3-9H,1-2H3,(H2,19,23). The number of thiophene rings is 1. The zero-order valence-electron chi connectivity index (χ0n) is 68.1. The predicted molar refractivity (Wildman–Crippen MR) is 489 cm³/mol. The number of aliphatic hydroxyl groups excluding tert-OH is 1. The van der Waals surface area contributed by atoms with Gasteiger partial charge in [-0.05, 0) is 154 Å². The maximum atomic E-state index is 13.1. The van der Waals surface area contributed by atoms with E-state index in [1.54, 1.807) is 132 Å². The van der Waals surface area contributed by atoms with Crippen molar-refractivity contribution in [3.8, 4) is 83.5 Å². The zero-order chi connectivity index (χ0) is 86.7. The average Bonchev–Trinajstić information content (AvgIpc) is 1.64. The average molecular weight is 1720 g/mol. The quantitative estimate of drug-likeness (QED) is 0.0456. The molecule has 620 valence electrons. The van der Waals surface area contributed by atoms with Crippen LogP contribution in [-0.2, 0) is 12.5 Å². The molecule has 1 saturated heterocycles. The number of carbonyl (C=O) groups is 2. The summed E-state index contributed by atoms with van der Waals surface area (Å²) in [5.41, 5.74) is 39.1. The van der Waals surface area contributed by atoms with Crippen LogP contribution < -0.4 is 50.0 Å². The molecule has 0 radical (unpaired) electrons.